The normalized spacial score (nSPS) is 22.3. The van der Waals surface area contributed by atoms with Crippen LogP contribution in [0.25, 0.3) is 0 Å². The molecule has 19 heavy (non-hydrogen) atoms. The van der Waals surface area contributed by atoms with Crippen molar-refractivity contribution in [3.8, 4) is 0 Å². The van der Waals surface area contributed by atoms with Crippen molar-refractivity contribution in [1.29, 1.82) is 0 Å². The van der Waals surface area contributed by atoms with E-state index in [-0.39, 0.29) is 0 Å². The Morgan fingerprint density at radius 3 is 2.68 bits per heavy atom. The van der Waals surface area contributed by atoms with Gasteiger partial charge in [0.2, 0.25) is 10.0 Å². The maximum Gasteiger partial charge on any atom is 0.211 e. The number of rotatable bonds is 7. The first-order chi connectivity index (χ1) is 8.79. The number of hydrogen-bond acceptors (Lipinski definition) is 4. The Labute approximate surface area is 118 Å². The minimum absolute atomic E-state index is 0.465. The maximum absolute atomic E-state index is 11.6. The number of piperidine rings is 1. The van der Waals surface area contributed by atoms with Gasteiger partial charge in [0, 0.05) is 38.8 Å². The molecule has 0 bridgehead atoms. The van der Waals surface area contributed by atoms with Crippen LogP contribution in [0, 0.1) is 5.92 Å². The Morgan fingerprint density at radius 1 is 1.42 bits per heavy atom. The summed E-state index contributed by atoms with van der Waals surface area (Å²) in [5, 5.41) is 3.40. The summed E-state index contributed by atoms with van der Waals surface area (Å²) < 4.78 is 24.8. The van der Waals surface area contributed by atoms with Crippen LogP contribution in [-0.4, -0.2) is 69.7 Å². The molecule has 1 saturated heterocycles. The van der Waals surface area contributed by atoms with Crippen LogP contribution in [0.5, 0.6) is 0 Å². The smallest absolute Gasteiger partial charge is 0.211 e. The Balaban J connectivity index is 2.32. The summed E-state index contributed by atoms with van der Waals surface area (Å²) in [5.74, 6) is 0.465. The highest BCUT2D eigenvalue weighted by molar-refractivity contribution is 7.88. The molecule has 1 N–H and O–H groups in total. The third kappa shape index (κ3) is 6.70. The first kappa shape index (κ1) is 16.9. The summed E-state index contributed by atoms with van der Waals surface area (Å²) in [4.78, 5) is 2.30. The average Bonchev–Trinajstić information content (AvgIpc) is 2.27. The zero-order valence-electron chi connectivity index (χ0n) is 12.7. The van der Waals surface area contributed by atoms with Crippen LogP contribution in [0.1, 0.15) is 26.7 Å². The van der Waals surface area contributed by atoms with E-state index in [1.54, 1.807) is 4.31 Å². The SMILES string of the molecule is CC(C)NCCN(C)CC1CCCN(S(C)(=O)=O)C1. The van der Waals surface area contributed by atoms with Gasteiger partial charge in [-0.2, -0.15) is 0 Å². The molecule has 1 rings (SSSR count). The first-order valence-electron chi connectivity index (χ1n) is 7.16. The quantitative estimate of drug-likeness (QED) is 0.746. The van der Waals surface area contributed by atoms with Crippen LogP contribution < -0.4 is 5.32 Å². The van der Waals surface area contributed by atoms with Gasteiger partial charge in [0.05, 0.1) is 6.26 Å². The van der Waals surface area contributed by atoms with Crippen LogP contribution in [0.15, 0.2) is 0 Å². The van der Waals surface area contributed by atoms with Crippen molar-refractivity contribution < 1.29 is 8.42 Å². The van der Waals surface area contributed by atoms with Gasteiger partial charge in [-0.25, -0.2) is 12.7 Å². The van der Waals surface area contributed by atoms with Gasteiger partial charge in [-0.1, -0.05) is 13.8 Å². The minimum Gasteiger partial charge on any atom is -0.313 e. The van der Waals surface area contributed by atoms with E-state index in [2.05, 4.69) is 31.1 Å². The summed E-state index contributed by atoms with van der Waals surface area (Å²) in [7, 11) is -0.908. The lowest BCUT2D eigenvalue weighted by molar-refractivity contribution is 0.200. The fourth-order valence-electron chi connectivity index (χ4n) is 2.55. The molecule has 0 aromatic rings. The molecule has 1 fully saturated rings. The molecule has 5 nitrogen and oxygen atoms in total. The lowest BCUT2D eigenvalue weighted by Gasteiger charge is -2.33. The van der Waals surface area contributed by atoms with Crippen LogP contribution in [0.2, 0.25) is 0 Å². The number of sulfonamides is 1. The van der Waals surface area contributed by atoms with Gasteiger partial charge in [-0.3, -0.25) is 0 Å². The van der Waals surface area contributed by atoms with Gasteiger partial charge in [0.1, 0.15) is 0 Å². The van der Waals surface area contributed by atoms with Crippen molar-refractivity contribution in [2.45, 2.75) is 32.7 Å². The van der Waals surface area contributed by atoms with Gasteiger partial charge in [0.15, 0.2) is 0 Å². The van der Waals surface area contributed by atoms with E-state index in [0.29, 0.717) is 25.0 Å². The lowest BCUT2D eigenvalue weighted by atomic mass is 9.99. The second-order valence-corrected chi connectivity index (χ2v) is 7.98. The monoisotopic (exact) mass is 291 g/mol. The lowest BCUT2D eigenvalue weighted by Crippen LogP contribution is -2.43. The fraction of sp³-hybridized carbons (Fsp3) is 1.00. The summed E-state index contributed by atoms with van der Waals surface area (Å²) in [6, 6.07) is 0.517. The Morgan fingerprint density at radius 2 is 2.11 bits per heavy atom. The van der Waals surface area contributed by atoms with Crippen LogP contribution in [0.3, 0.4) is 0 Å². The molecule has 0 amide bonds. The molecule has 0 aromatic heterocycles. The fourth-order valence-corrected chi connectivity index (χ4v) is 3.50. The summed E-state index contributed by atoms with van der Waals surface area (Å²) in [6.07, 6.45) is 3.43. The van der Waals surface area contributed by atoms with Gasteiger partial charge < -0.3 is 10.2 Å². The van der Waals surface area contributed by atoms with Gasteiger partial charge in [-0.15, -0.1) is 0 Å². The highest BCUT2D eigenvalue weighted by atomic mass is 32.2. The molecule has 1 aliphatic rings. The van der Waals surface area contributed by atoms with Crippen LogP contribution in [-0.2, 0) is 10.0 Å². The molecule has 1 atom stereocenters. The van der Waals surface area contributed by atoms with E-state index >= 15 is 0 Å². The predicted octanol–water partition coefficient (Wildman–Crippen LogP) is 0.588. The molecule has 1 heterocycles. The largest absolute Gasteiger partial charge is 0.313 e. The number of hydrogen-bond donors (Lipinski definition) is 1. The van der Waals surface area contributed by atoms with E-state index < -0.39 is 10.0 Å². The second-order valence-electron chi connectivity index (χ2n) is 6.00. The van der Waals surface area contributed by atoms with Crippen molar-refractivity contribution >= 4 is 10.0 Å². The summed E-state index contributed by atoms with van der Waals surface area (Å²) >= 11 is 0. The van der Waals surface area contributed by atoms with Crippen LogP contribution >= 0.6 is 0 Å². The average molecular weight is 291 g/mol. The maximum atomic E-state index is 11.6. The van der Waals surface area contributed by atoms with Crippen molar-refractivity contribution in [2.24, 2.45) is 5.92 Å². The van der Waals surface area contributed by atoms with Crippen molar-refractivity contribution in [3.63, 3.8) is 0 Å². The highest BCUT2D eigenvalue weighted by Crippen LogP contribution is 2.19. The molecular weight excluding hydrogens is 262 g/mol. The topological polar surface area (TPSA) is 52.6 Å². The molecule has 0 aliphatic carbocycles. The molecule has 0 radical (unpaired) electrons. The van der Waals surface area contributed by atoms with E-state index in [0.717, 1.165) is 32.5 Å². The standard InChI is InChI=1S/C13H29N3O2S/c1-12(2)14-7-9-15(3)10-13-6-5-8-16(11-13)19(4,17)18/h12-14H,5-11H2,1-4H3. The number of nitrogens with one attached hydrogen (secondary N) is 1. The van der Waals surface area contributed by atoms with Crippen molar-refractivity contribution in [2.75, 3.05) is 46.0 Å². The highest BCUT2D eigenvalue weighted by Gasteiger charge is 2.26. The summed E-state index contributed by atoms with van der Waals surface area (Å²) in [5.41, 5.74) is 0. The molecule has 0 aromatic carbocycles. The molecule has 6 heteroatoms. The molecule has 0 saturated carbocycles. The van der Waals surface area contributed by atoms with E-state index in [4.69, 9.17) is 0 Å². The third-order valence-electron chi connectivity index (χ3n) is 3.57. The predicted molar refractivity (Wildman–Crippen MR) is 79.8 cm³/mol. The molecule has 114 valence electrons. The molecule has 1 unspecified atom stereocenters. The zero-order chi connectivity index (χ0) is 14.5. The van der Waals surface area contributed by atoms with Crippen LogP contribution in [0.4, 0.5) is 0 Å². The molecule has 0 spiro atoms. The van der Waals surface area contributed by atoms with Crippen molar-refractivity contribution in [1.82, 2.24) is 14.5 Å². The minimum atomic E-state index is -3.02. The van der Waals surface area contributed by atoms with E-state index in [9.17, 15) is 8.42 Å². The molecular formula is C13H29N3O2S. The Bertz CT molecular complexity index is 357. The van der Waals surface area contributed by atoms with Crippen molar-refractivity contribution in [3.05, 3.63) is 0 Å². The van der Waals surface area contributed by atoms with Gasteiger partial charge in [0.25, 0.3) is 0 Å². The Kier molecular flexibility index (Phi) is 6.73. The summed E-state index contributed by atoms with van der Waals surface area (Å²) in [6.45, 7) is 8.63. The second kappa shape index (κ2) is 7.57. The van der Waals surface area contributed by atoms with Gasteiger partial charge >= 0.3 is 0 Å². The third-order valence-corrected chi connectivity index (χ3v) is 4.84. The van der Waals surface area contributed by atoms with E-state index in [1.807, 2.05) is 0 Å². The molecule has 1 aliphatic heterocycles. The van der Waals surface area contributed by atoms with Gasteiger partial charge in [-0.05, 0) is 25.8 Å². The number of likely N-dealkylation sites (N-methyl/N-ethyl adjacent to an activating group) is 1. The van der Waals surface area contributed by atoms with E-state index in [1.165, 1.54) is 6.26 Å². The Hall–Kier alpha value is -0.170. The zero-order valence-corrected chi connectivity index (χ0v) is 13.5. The first-order valence-corrected chi connectivity index (χ1v) is 9.01. The number of nitrogens with zero attached hydrogens (tertiary/aromatic N) is 2.